The molecule has 0 aliphatic carbocycles. The first-order valence-electron chi connectivity index (χ1n) is 12.2. The Balaban J connectivity index is 1.38. The molecule has 2 aromatic carbocycles. The van der Waals surface area contributed by atoms with Crippen molar-refractivity contribution in [2.45, 2.75) is 31.9 Å². The molecule has 6 nitrogen and oxygen atoms in total. The van der Waals surface area contributed by atoms with Gasteiger partial charge in [-0.05, 0) is 42.5 Å². The molecular weight excluding hydrogens is 426 g/mol. The fourth-order valence-corrected chi connectivity index (χ4v) is 4.82. The molecule has 0 saturated carbocycles. The zero-order valence-electron chi connectivity index (χ0n) is 19.9. The fourth-order valence-electron chi connectivity index (χ4n) is 4.82. The predicted octanol–water partition coefficient (Wildman–Crippen LogP) is 4.72. The summed E-state index contributed by atoms with van der Waals surface area (Å²) >= 11 is 0. The van der Waals surface area contributed by atoms with Crippen molar-refractivity contribution >= 4 is 11.5 Å². The Morgan fingerprint density at radius 1 is 0.941 bits per heavy atom. The molecule has 2 saturated heterocycles. The van der Waals surface area contributed by atoms with Crippen LogP contribution in [0.5, 0.6) is 11.6 Å². The maximum absolute atomic E-state index is 6.21. The van der Waals surface area contributed by atoms with E-state index in [1.807, 2.05) is 24.3 Å². The molecule has 0 bridgehead atoms. The summed E-state index contributed by atoms with van der Waals surface area (Å²) in [4.78, 5) is 9.81. The molecule has 0 radical (unpaired) electrons. The number of aromatic nitrogens is 1. The standard InChI is InChI=1S/C28H33N3O3/c1-32-26-11-9-23(10-12-26)21-34-28-20-25(30-14-16-33-17-15-30)19-27(29-28)31-13-5-8-24(31)18-22-6-3-2-4-7-22/h2-4,6-7,9-12,19-20,24H,5,8,13-18,21H2,1H3. The van der Waals surface area contributed by atoms with E-state index in [1.54, 1.807) is 7.11 Å². The van der Waals surface area contributed by atoms with Crippen LogP contribution in [0, 0.1) is 0 Å². The van der Waals surface area contributed by atoms with Crippen LogP contribution < -0.4 is 19.3 Å². The summed E-state index contributed by atoms with van der Waals surface area (Å²) in [6.07, 6.45) is 3.40. The van der Waals surface area contributed by atoms with E-state index >= 15 is 0 Å². The smallest absolute Gasteiger partial charge is 0.217 e. The van der Waals surface area contributed by atoms with Gasteiger partial charge in [-0.25, -0.2) is 0 Å². The van der Waals surface area contributed by atoms with E-state index in [2.05, 4.69) is 52.3 Å². The van der Waals surface area contributed by atoms with Crippen molar-refractivity contribution in [2.75, 3.05) is 49.8 Å². The highest BCUT2D eigenvalue weighted by Gasteiger charge is 2.27. The van der Waals surface area contributed by atoms with Crippen molar-refractivity contribution in [3.8, 4) is 11.6 Å². The van der Waals surface area contributed by atoms with Crippen molar-refractivity contribution in [2.24, 2.45) is 0 Å². The lowest BCUT2D eigenvalue weighted by atomic mass is 10.0. The third-order valence-electron chi connectivity index (χ3n) is 6.68. The highest BCUT2D eigenvalue weighted by Crippen LogP contribution is 2.32. The first-order valence-corrected chi connectivity index (χ1v) is 12.2. The number of benzene rings is 2. The molecule has 0 amide bonds. The van der Waals surface area contributed by atoms with Gasteiger partial charge in [0.2, 0.25) is 5.88 Å². The van der Waals surface area contributed by atoms with Gasteiger partial charge >= 0.3 is 0 Å². The van der Waals surface area contributed by atoms with Gasteiger partial charge in [0, 0.05) is 43.5 Å². The lowest BCUT2D eigenvalue weighted by molar-refractivity contribution is 0.122. The molecule has 178 valence electrons. The second-order valence-electron chi connectivity index (χ2n) is 8.94. The van der Waals surface area contributed by atoms with Gasteiger partial charge in [0.25, 0.3) is 0 Å². The van der Waals surface area contributed by atoms with E-state index in [0.29, 0.717) is 18.5 Å². The van der Waals surface area contributed by atoms with Crippen LogP contribution in [-0.2, 0) is 17.8 Å². The largest absolute Gasteiger partial charge is 0.497 e. The molecule has 2 fully saturated rings. The zero-order chi connectivity index (χ0) is 23.2. The molecule has 1 aromatic heterocycles. The molecule has 0 N–H and O–H groups in total. The van der Waals surface area contributed by atoms with E-state index in [9.17, 15) is 0 Å². The molecule has 3 aromatic rings. The summed E-state index contributed by atoms with van der Waals surface area (Å²) in [6.45, 7) is 4.76. The van der Waals surface area contributed by atoms with Crippen molar-refractivity contribution in [3.63, 3.8) is 0 Å². The van der Waals surface area contributed by atoms with Crippen LogP contribution in [0.3, 0.4) is 0 Å². The van der Waals surface area contributed by atoms with Gasteiger partial charge in [-0.15, -0.1) is 0 Å². The predicted molar refractivity (Wildman–Crippen MR) is 135 cm³/mol. The average molecular weight is 460 g/mol. The van der Waals surface area contributed by atoms with Gasteiger partial charge in [-0.2, -0.15) is 4.98 Å². The maximum atomic E-state index is 6.21. The SMILES string of the molecule is COc1ccc(COc2cc(N3CCOCC3)cc(N3CCCC3Cc3ccccc3)n2)cc1. The molecule has 6 heteroatoms. The van der Waals surface area contributed by atoms with Crippen molar-refractivity contribution in [1.82, 2.24) is 4.98 Å². The fraction of sp³-hybridized carbons (Fsp3) is 0.393. The Bertz CT molecular complexity index is 1050. The molecule has 1 unspecified atom stereocenters. The third-order valence-corrected chi connectivity index (χ3v) is 6.68. The number of pyridine rings is 1. The van der Waals surface area contributed by atoms with Crippen LogP contribution in [0.25, 0.3) is 0 Å². The molecule has 1 atom stereocenters. The van der Waals surface area contributed by atoms with Gasteiger partial charge in [0.1, 0.15) is 18.2 Å². The summed E-state index contributed by atoms with van der Waals surface area (Å²) in [5.41, 5.74) is 3.62. The van der Waals surface area contributed by atoms with E-state index in [4.69, 9.17) is 19.2 Å². The summed E-state index contributed by atoms with van der Waals surface area (Å²) in [5.74, 6) is 2.52. The summed E-state index contributed by atoms with van der Waals surface area (Å²) in [5, 5.41) is 0. The Morgan fingerprint density at radius 2 is 1.74 bits per heavy atom. The van der Waals surface area contributed by atoms with E-state index in [0.717, 1.165) is 62.1 Å². The molecule has 2 aliphatic rings. The average Bonchev–Trinajstić information content (AvgIpc) is 3.37. The molecule has 34 heavy (non-hydrogen) atoms. The van der Waals surface area contributed by atoms with E-state index in [1.165, 1.54) is 18.4 Å². The lowest BCUT2D eigenvalue weighted by Gasteiger charge is -2.31. The maximum Gasteiger partial charge on any atom is 0.217 e. The van der Waals surface area contributed by atoms with Crippen LogP contribution in [0.1, 0.15) is 24.0 Å². The lowest BCUT2D eigenvalue weighted by Crippen LogP contribution is -2.37. The summed E-state index contributed by atoms with van der Waals surface area (Å²) in [7, 11) is 1.68. The number of hydrogen-bond acceptors (Lipinski definition) is 6. The van der Waals surface area contributed by atoms with E-state index in [-0.39, 0.29) is 0 Å². The number of methoxy groups -OCH3 is 1. The Labute approximate surface area is 202 Å². The molecule has 5 rings (SSSR count). The van der Waals surface area contributed by atoms with Crippen molar-refractivity contribution in [1.29, 1.82) is 0 Å². The van der Waals surface area contributed by atoms with Crippen LogP contribution in [-0.4, -0.2) is 51.0 Å². The van der Waals surface area contributed by atoms with Gasteiger partial charge < -0.3 is 24.0 Å². The minimum atomic E-state index is 0.448. The van der Waals surface area contributed by atoms with Crippen LogP contribution in [0.2, 0.25) is 0 Å². The van der Waals surface area contributed by atoms with Crippen molar-refractivity contribution in [3.05, 3.63) is 77.9 Å². The van der Waals surface area contributed by atoms with Crippen molar-refractivity contribution < 1.29 is 14.2 Å². The van der Waals surface area contributed by atoms with Crippen LogP contribution in [0.15, 0.2) is 66.7 Å². The molecule has 0 spiro atoms. The molecule has 2 aliphatic heterocycles. The first kappa shape index (κ1) is 22.5. The second-order valence-corrected chi connectivity index (χ2v) is 8.94. The number of anilines is 2. The summed E-state index contributed by atoms with van der Waals surface area (Å²) < 4.78 is 17.1. The number of rotatable bonds is 8. The third kappa shape index (κ3) is 5.45. The van der Waals surface area contributed by atoms with Gasteiger partial charge in [0.05, 0.1) is 20.3 Å². The number of morpholine rings is 1. The highest BCUT2D eigenvalue weighted by atomic mass is 16.5. The minimum Gasteiger partial charge on any atom is -0.497 e. The van der Waals surface area contributed by atoms with Crippen LogP contribution >= 0.6 is 0 Å². The topological polar surface area (TPSA) is 47.1 Å². The minimum absolute atomic E-state index is 0.448. The molecular formula is C28H33N3O3. The number of nitrogens with zero attached hydrogens (tertiary/aromatic N) is 3. The van der Waals surface area contributed by atoms with E-state index < -0.39 is 0 Å². The zero-order valence-corrected chi connectivity index (χ0v) is 19.9. The highest BCUT2D eigenvalue weighted by molar-refractivity contribution is 5.59. The van der Waals surface area contributed by atoms with Gasteiger partial charge in [0.15, 0.2) is 0 Å². The summed E-state index contributed by atoms with van der Waals surface area (Å²) in [6, 6.07) is 23.5. The normalized spacial score (nSPS) is 18.2. The Kier molecular flexibility index (Phi) is 7.15. The van der Waals surface area contributed by atoms with Crippen LogP contribution in [0.4, 0.5) is 11.5 Å². The monoisotopic (exact) mass is 459 g/mol. The number of hydrogen-bond donors (Lipinski definition) is 0. The first-order chi connectivity index (χ1) is 16.8. The van der Waals surface area contributed by atoms with Gasteiger partial charge in [-0.1, -0.05) is 42.5 Å². The Morgan fingerprint density at radius 3 is 2.50 bits per heavy atom. The number of ether oxygens (including phenoxy) is 3. The molecule has 3 heterocycles. The quantitative estimate of drug-likeness (QED) is 0.486. The van der Waals surface area contributed by atoms with Gasteiger partial charge in [-0.3, -0.25) is 0 Å². The Hall–Kier alpha value is -3.25. The second kappa shape index (κ2) is 10.8.